The van der Waals surface area contributed by atoms with Crippen molar-refractivity contribution in [3.05, 3.63) is 95.6 Å². The summed E-state index contributed by atoms with van der Waals surface area (Å²) in [4.78, 5) is 29.3. The van der Waals surface area contributed by atoms with Crippen molar-refractivity contribution in [3.8, 4) is 0 Å². The maximum Gasteiger partial charge on any atom is 0.264 e. The summed E-state index contributed by atoms with van der Waals surface area (Å²) in [5.74, 6) is -0.625. The van der Waals surface area contributed by atoms with Gasteiger partial charge in [0.15, 0.2) is 0 Å². The van der Waals surface area contributed by atoms with Gasteiger partial charge >= 0.3 is 0 Å². The monoisotopic (exact) mass is 561 g/mol. The van der Waals surface area contributed by atoms with Crippen LogP contribution in [0.1, 0.15) is 55.7 Å². The van der Waals surface area contributed by atoms with Gasteiger partial charge in [0, 0.05) is 12.6 Å². The highest BCUT2D eigenvalue weighted by atomic mass is 32.2. The summed E-state index contributed by atoms with van der Waals surface area (Å²) in [6.45, 7) is 5.51. The minimum Gasteiger partial charge on any atom is -0.352 e. The van der Waals surface area contributed by atoms with E-state index in [-0.39, 0.29) is 23.4 Å². The molecule has 8 heteroatoms. The van der Waals surface area contributed by atoms with E-state index < -0.39 is 28.5 Å². The first-order valence-electron chi connectivity index (χ1n) is 14.0. The van der Waals surface area contributed by atoms with Crippen LogP contribution in [0.4, 0.5) is 5.69 Å². The standard InChI is InChI=1S/C32H39N3O4S/c1-4-30(32(37)33-27-14-10-11-15-27)34(22-26-13-9-8-12-25(26)3)31(36)23-35(28-16-6-5-7-17-28)40(38,39)29-20-18-24(2)19-21-29/h5-9,12-13,16-21,27,30H,4,10-11,14-15,22-23H2,1-3H3,(H,33,37)/t30-/m1/s1. The first-order chi connectivity index (χ1) is 19.2. The van der Waals surface area contributed by atoms with E-state index in [1.165, 1.54) is 0 Å². The van der Waals surface area contributed by atoms with E-state index in [2.05, 4.69) is 5.32 Å². The number of para-hydroxylation sites is 1. The molecule has 1 N–H and O–H groups in total. The van der Waals surface area contributed by atoms with Crippen molar-refractivity contribution in [1.29, 1.82) is 0 Å². The molecule has 0 spiro atoms. The van der Waals surface area contributed by atoms with E-state index in [9.17, 15) is 18.0 Å². The number of nitrogens with zero attached hydrogens (tertiary/aromatic N) is 2. The summed E-state index contributed by atoms with van der Waals surface area (Å²) in [6, 6.07) is 22.3. The van der Waals surface area contributed by atoms with Crippen molar-refractivity contribution in [1.82, 2.24) is 10.2 Å². The summed E-state index contributed by atoms with van der Waals surface area (Å²) in [6.07, 6.45) is 4.44. The summed E-state index contributed by atoms with van der Waals surface area (Å²) < 4.78 is 28.9. The molecule has 0 aliphatic heterocycles. The number of anilines is 1. The summed E-state index contributed by atoms with van der Waals surface area (Å²) >= 11 is 0. The Balaban J connectivity index is 1.70. The highest BCUT2D eigenvalue weighted by molar-refractivity contribution is 7.92. The predicted octanol–water partition coefficient (Wildman–Crippen LogP) is 5.36. The Bertz CT molecular complexity index is 1400. The molecule has 0 heterocycles. The minimum atomic E-state index is -4.07. The second-order valence-electron chi connectivity index (χ2n) is 10.5. The fraction of sp³-hybridized carbons (Fsp3) is 0.375. The number of carbonyl (C=O) groups excluding carboxylic acids is 2. The second-order valence-corrected chi connectivity index (χ2v) is 12.4. The van der Waals surface area contributed by atoms with E-state index in [1.54, 1.807) is 59.5 Å². The molecule has 1 saturated carbocycles. The topological polar surface area (TPSA) is 86.8 Å². The Labute approximate surface area is 238 Å². The first-order valence-corrected chi connectivity index (χ1v) is 15.4. The number of hydrogen-bond acceptors (Lipinski definition) is 4. The largest absolute Gasteiger partial charge is 0.352 e. The molecule has 4 rings (SSSR count). The van der Waals surface area contributed by atoms with Gasteiger partial charge < -0.3 is 10.2 Å². The lowest BCUT2D eigenvalue weighted by atomic mass is 10.1. The molecule has 0 aromatic heterocycles. The van der Waals surface area contributed by atoms with Crippen LogP contribution in [-0.2, 0) is 26.2 Å². The molecule has 7 nitrogen and oxygen atoms in total. The zero-order chi connectivity index (χ0) is 28.7. The summed E-state index contributed by atoms with van der Waals surface area (Å²) in [5, 5.41) is 3.15. The second kappa shape index (κ2) is 13.1. The maximum atomic E-state index is 14.2. The number of aryl methyl sites for hydroxylation is 2. The third kappa shape index (κ3) is 6.91. The molecule has 0 unspecified atom stereocenters. The molecule has 1 aliphatic carbocycles. The minimum absolute atomic E-state index is 0.103. The summed E-state index contributed by atoms with van der Waals surface area (Å²) in [7, 11) is -4.07. The number of nitrogens with one attached hydrogen (secondary N) is 1. The number of sulfonamides is 1. The number of amides is 2. The van der Waals surface area contributed by atoms with Gasteiger partial charge in [0.05, 0.1) is 10.6 Å². The van der Waals surface area contributed by atoms with Gasteiger partial charge in [-0.2, -0.15) is 0 Å². The Hall–Kier alpha value is -3.65. The number of hydrogen-bond donors (Lipinski definition) is 1. The lowest BCUT2D eigenvalue weighted by Gasteiger charge is -2.34. The zero-order valence-corrected chi connectivity index (χ0v) is 24.4. The molecule has 40 heavy (non-hydrogen) atoms. The SMILES string of the molecule is CC[C@H](C(=O)NC1CCCC1)N(Cc1ccccc1C)C(=O)CN(c1ccccc1)S(=O)(=O)c1ccc(C)cc1. The van der Waals surface area contributed by atoms with Gasteiger partial charge in [0.25, 0.3) is 10.0 Å². The molecule has 212 valence electrons. The Morgan fingerprint density at radius 1 is 0.900 bits per heavy atom. The van der Waals surface area contributed by atoms with Crippen LogP contribution in [-0.4, -0.2) is 43.8 Å². The van der Waals surface area contributed by atoms with E-state index in [0.29, 0.717) is 12.1 Å². The smallest absolute Gasteiger partial charge is 0.264 e. The first kappa shape index (κ1) is 29.3. The van der Waals surface area contributed by atoms with Gasteiger partial charge in [-0.1, -0.05) is 79.9 Å². The van der Waals surface area contributed by atoms with Crippen LogP contribution < -0.4 is 9.62 Å². The van der Waals surface area contributed by atoms with Crippen molar-refractivity contribution in [3.63, 3.8) is 0 Å². The van der Waals surface area contributed by atoms with E-state index in [0.717, 1.165) is 46.7 Å². The lowest BCUT2D eigenvalue weighted by Crippen LogP contribution is -2.53. The van der Waals surface area contributed by atoms with Crippen LogP contribution in [0.3, 0.4) is 0 Å². The van der Waals surface area contributed by atoms with Crippen molar-refractivity contribution in [2.75, 3.05) is 10.8 Å². The molecule has 3 aromatic rings. The molecular weight excluding hydrogens is 522 g/mol. The number of carbonyl (C=O) groups is 2. The highest BCUT2D eigenvalue weighted by Crippen LogP contribution is 2.25. The van der Waals surface area contributed by atoms with E-state index in [4.69, 9.17) is 0 Å². The lowest BCUT2D eigenvalue weighted by molar-refractivity contribution is -0.140. The Morgan fingerprint density at radius 3 is 2.15 bits per heavy atom. The molecule has 3 aromatic carbocycles. The van der Waals surface area contributed by atoms with Crippen molar-refractivity contribution in [2.45, 2.75) is 76.4 Å². The number of benzene rings is 3. The normalized spacial score (nSPS) is 14.5. The molecule has 0 bridgehead atoms. The zero-order valence-electron chi connectivity index (χ0n) is 23.5. The molecule has 1 fully saturated rings. The fourth-order valence-electron chi connectivity index (χ4n) is 5.22. The summed E-state index contributed by atoms with van der Waals surface area (Å²) in [5.41, 5.74) is 3.23. The van der Waals surface area contributed by atoms with Crippen LogP contribution in [0.25, 0.3) is 0 Å². The average Bonchev–Trinajstić information content (AvgIpc) is 3.46. The highest BCUT2D eigenvalue weighted by Gasteiger charge is 2.34. The van der Waals surface area contributed by atoms with E-state index >= 15 is 0 Å². The van der Waals surface area contributed by atoms with Crippen LogP contribution in [0.15, 0.2) is 83.8 Å². The molecule has 0 saturated heterocycles. The molecule has 1 aliphatic rings. The van der Waals surface area contributed by atoms with Crippen LogP contribution in [0.2, 0.25) is 0 Å². The fourth-order valence-corrected chi connectivity index (χ4v) is 6.63. The van der Waals surface area contributed by atoms with Crippen LogP contribution >= 0.6 is 0 Å². The molecule has 0 radical (unpaired) electrons. The van der Waals surface area contributed by atoms with Crippen molar-refractivity contribution >= 4 is 27.5 Å². The quantitative estimate of drug-likeness (QED) is 0.341. The third-order valence-corrected chi connectivity index (χ3v) is 9.41. The van der Waals surface area contributed by atoms with Gasteiger partial charge in [-0.3, -0.25) is 13.9 Å². The Kier molecular flexibility index (Phi) is 9.63. The van der Waals surface area contributed by atoms with Crippen molar-refractivity contribution < 1.29 is 18.0 Å². The van der Waals surface area contributed by atoms with Gasteiger partial charge in [-0.05, 0) is 68.5 Å². The van der Waals surface area contributed by atoms with Gasteiger partial charge in [-0.15, -0.1) is 0 Å². The predicted molar refractivity (Wildman–Crippen MR) is 158 cm³/mol. The van der Waals surface area contributed by atoms with Gasteiger partial charge in [-0.25, -0.2) is 8.42 Å². The van der Waals surface area contributed by atoms with Crippen LogP contribution in [0.5, 0.6) is 0 Å². The van der Waals surface area contributed by atoms with E-state index in [1.807, 2.05) is 45.0 Å². The Morgan fingerprint density at radius 2 is 1.52 bits per heavy atom. The maximum absolute atomic E-state index is 14.2. The average molecular weight is 562 g/mol. The molecule has 1 atom stereocenters. The van der Waals surface area contributed by atoms with Gasteiger partial charge in [0.2, 0.25) is 11.8 Å². The van der Waals surface area contributed by atoms with Gasteiger partial charge in [0.1, 0.15) is 12.6 Å². The molecular formula is C32H39N3O4S. The van der Waals surface area contributed by atoms with Crippen LogP contribution in [0, 0.1) is 13.8 Å². The molecule has 2 amide bonds. The van der Waals surface area contributed by atoms with Crippen molar-refractivity contribution in [2.24, 2.45) is 0 Å². The third-order valence-electron chi connectivity index (χ3n) is 7.62. The number of rotatable bonds is 11.